The van der Waals surface area contributed by atoms with Crippen LogP contribution in [0, 0.1) is 0 Å². The van der Waals surface area contributed by atoms with E-state index in [1.165, 1.54) is 5.56 Å². The highest BCUT2D eigenvalue weighted by Crippen LogP contribution is 2.17. The predicted molar refractivity (Wildman–Crippen MR) is 117 cm³/mol. The lowest BCUT2D eigenvalue weighted by atomic mass is 10.2. The molecule has 31 heavy (non-hydrogen) atoms. The molecule has 0 spiro atoms. The minimum atomic E-state index is -0.431. The van der Waals surface area contributed by atoms with E-state index in [1.54, 1.807) is 23.1 Å². The molecule has 0 bridgehead atoms. The first-order valence-electron chi connectivity index (χ1n) is 9.85. The van der Waals surface area contributed by atoms with Gasteiger partial charge in [0.2, 0.25) is 5.95 Å². The first-order chi connectivity index (χ1) is 15.1. The Morgan fingerprint density at radius 1 is 1.13 bits per heavy atom. The van der Waals surface area contributed by atoms with Crippen LogP contribution in [0.1, 0.15) is 34.4 Å². The van der Waals surface area contributed by atoms with Crippen molar-refractivity contribution in [3.8, 4) is 5.75 Å². The summed E-state index contributed by atoms with van der Waals surface area (Å²) in [5.74, 6) is 1.21. The number of furan rings is 1. The predicted octanol–water partition coefficient (Wildman–Crippen LogP) is 4.97. The molecular formula is C23H21ClN4O3. The van der Waals surface area contributed by atoms with Crippen LogP contribution in [-0.2, 0) is 19.6 Å². The number of rotatable bonds is 8. The fourth-order valence-electron chi connectivity index (χ4n) is 2.97. The van der Waals surface area contributed by atoms with Crippen LogP contribution in [0.25, 0.3) is 0 Å². The van der Waals surface area contributed by atoms with Crippen LogP contribution in [0.15, 0.2) is 71.4 Å². The second kappa shape index (κ2) is 9.49. The number of hydrogen-bond acceptors (Lipinski definition) is 5. The van der Waals surface area contributed by atoms with Crippen molar-refractivity contribution in [1.82, 2.24) is 14.8 Å². The second-order valence-corrected chi connectivity index (χ2v) is 7.34. The molecule has 0 unspecified atom stereocenters. The van der Waals surface area contributed by atoms with Crippen LogP contribution in [0.4, 0.5) is 5.95 Å². The van der Waals surface area contributed by atoms with E-state index < -0.39 is 5.91 Å². The SMILES string of the molecule is CCc1ccc(OCc2ccc(C(=O)Nc3ncn(Cc4cccc(Cl)c4)n3)o2)cc1. The molecule has 0 radical (unpaired) electrons. The first kappa shape index (κ1) is 20.7. The highest BCUT2D eigenvalue weighted by molar-refractivity contribution is 6.30. The van der Waals surface area contributed by atoms with Gasteiger partial charge in [-0.25, -0.2) is 9.67 Å². The lowest BCUT2D eigenvalue weighted by molar-refractivity contribution is 0.0991. The molecule has 0 saturated heterocycles. The van der Waals surface area contributed by atoms with Crippen LogP contribution >= 0.6 is 11.6 Å². The number of carbonyl (C=O) groups excluding carboxylic acids is 1. The van der Waals surface area contributed by atoms with E-state index in [-0.39, 0.29) is 18.3 Å². The number of anilines is 1. The van der Waals surface area contributed by atoms with Gasteiger partial charge in [0, 0.05) is 5.02 Å². The Bertz CT molecular complexity index is 1170. The van der Waals surface area contributed by atoms with E-state index in [0.29, 0.717) is 17.3 Å². The summed E-state index contributed by atoms with van der Waals surface area (Å²) in [6.07, 6.45) is 2.52. The molecule has 158 valence electrons. The molecule has 0 atom stereocenters. The highest BCUT2D eigenvalue weighted by Gasteiger charge is 2.14. The van der Waals surface area contributed by atoms with E-state index in [4.69, 9.17) is 20.8 Å². The average molecular weight is 437 g/mol. The molecule has 2 aromatic carbocycles. The lowest BCUT2D eigenvalue weighted by Crippen LogP contribution is -2.12. The Labute approximate surface area is 184 Å². The number of benzene rings is 2. The highest BCUT2D eigenvalue weighted by atomic mass is 35.5. The third-order valence-electron chi connectivity index (χ3n) is 4.59. The number of aromatic nitrogens is 3. The Balaban J connectivity index is 1.32. The summed E-state index contributed by atoms with van der Waals surface area (Å²) in [6, 6.07) is 18.7. The topological polar surface area (TPSA) is 82.2 Å². The van der Waals surface area contributed by atoms with Crippen molar-refractivity contribution in [2.45, 2.75) is 26.5 Å². The molecule has 0 saturated carbocycles. The second-order valence-electron chi connectivity index (χ2n) is 6.90. The van der Waals surface area contributed by atoms with Crippen molar-refractivity contribution < 1.29 is 13.9 Å². The van der Waals surface area contributed by atoms with E-state index >= 15 is 0 Å². The molecule has 1 amide bonds. The van der Waals surface area contributed by atoms with Crippen LogP contribution in [-0.4, -0.2) is 20.7 Å². The first-order valence-corrected chi connectivity index (χ1v) is 10.2. The zero-order chi connectivity index (χ0) is 21.6. The molecule has 2 aromatic heterocycles. The number of ether oxygens (including phenoxy) is 1. The van der Waals surface area contributed by atoms with Crippen LogP contribution in [0.3, 0.4) is 0 Å². The molecule has 7 nitrogen and oxygen atoms in total. The summed E-state index contributed by atoms with van der Waals surface area (Å²) in [4.78, 5) is 16.5. The molecule has 0 aliphatic heterocycles. The smallest absolute Gasteiger partial charge is 0.293 e. The van der Waals surface area contributed by atoms with Gasteiger partial charge in [-0.15, -0.1) is 5.10 Å². The maximum absolute atomic E-state index is 12.4. The quantitative estimate of drug-likeness (QED) is 0.422. The van der Waals surface area contributed by atoms with E-state index in [9.17, 15) is 4.79 Å². The van der Waals surface area contributed by atoms with Gasteiger partial charge in [0.1, 0.15) is 24.4 Å². The fraction of sp³-hybridized carbons (Fsp3) is 0.174. The monoisotopic (exact) mass is 436 g/mol. The molecule has 0 aliphatic carbocycles. The number of amides is 1. The standard InChI is InChI=1S/C23H21ClN4O3/c1-2-16-6-8-19(9-7-16)30-14-20-10-11-21(31-20)22(29)26-23-25-15-28(27-23)13-17-4-3-5-18(24)12-17/h3-12,15H,2,13-14H2,1H3,(H,26,27,29). The van der Waals surface area contributed by atoms with Gasteiger partial charge in [0.25, 0.3) is 5.91 Å². The van der Waals surface area contributed by atoms with Crippen LogP contribution in [0.5, 0.6) is 5.75 Å². The van der Waals surface area contributed by atoms with Crippen molar-refractivity contribution in [2.75, 3.05) is 5.32 Å². The maximum Gasteiger partial charge on any atom is 0.293 e. The molecule has 2 heterocycles. The average Bonchev–Trinajstić information content (AvgIpc) is 3.42. The molecule has 0 aliphatic rings. The summed E-state index contributed by atoms with van der Waals surface area (Å²) in [5, 5.41) is 7.55. The molecule has 4 aromatic rings. The zero-order valence-electron chi connectivity index (χ0n) is 16.9. The van der Waals surface area contributed by atoms with Crippen molar-refractivity contribution >= 4 is 23.5 Å². The zero-order valence-corrected chi connectivity index (χ0v) is 17.7. The third-order valence-corrected chi connectivity index (χ3v) is 4.83. The van der Waals surface area contributed by atoms with Crippen LogP contribution < -0.4 is 10.1 Å². The molecular weight excluding hydrogens is 416 g/mol. The van der Waals surface area contributed by atoms with Crippen molar-refractivity contribution in [3.63, 3.8) is 0 Å². The van der Waals surface area contributed by atoms with Gasteiger partial charge in [-0.2, -0.15) is 0 Å². The Kier molecular flexibility index (Phi) is 6.33. The van der Waals surface area contributed by atoms with Gasteiger partial charge >= 0.3 is 0 Å². The lowest BCUT2D eigenvalue weighted by Gasteiger charge is -2.05. The van der Waals surface area contributed by atoms with Gasteiger partial charge in [-0.05, 0) is 53.9 Å². The number of halogens is 1. The van der Waals surface area contributed by atoms with Gasteiger partial charge < -0.3 is 9.15 Å². The normalized spacial score (nSPS) is 10.8. The van der Waals surface area contributed by atoms with Gasteiger partial charge in [0.15, 0.2) is 5.76 Å². The summed E-state index contributed by atoms with van der Waals surface area (Å²) in [6.45, 7) is 2.82. The summed E-state index contributed by atoms with van der Waals surface area (Å²) in [5.41, 5.74) is 2.23. The molecule has 8 heteroatoms. The summed E-state index contributed by atoms with van der Waals surface area (Å²) >= 11 is 6.00. The van der Waals surface area contributed by atoms with Crippen molar-refractivity contribution in [3.05, 3.63) is 94.7 Å². The van der Waals surface area contributed by atoms with Gasteiger partial charge in [-0.3, -0.25) is 10.1 Å². The summed E-state index contributed by atoms with van der Waals surface area (Å²) < 4.78 is 12.9. The minimum absolute atomic E-state index is 0.158. The van der Waals surface area contributed by atoms with E-state index in [2.05, 4.69) is 22.3 Å². The van der Waals surface area contributed by atoms with Gasteiger partial charge in [-0.1, -0.05) is 42.8 Å². The van der Waals surface area contributed by atoms with Crippen molar-refractivity contribution in [1.29, 1.82) is 0 Å². The number of hydrogen-bond donors (Lipinski definition) is 1. The molecule has 4 rings (SSSR count). The molecule has 1 N–H and O–H groups in total. The Morgan fingerprint density at radius 3 is 2.74 bits per heavy atom. The fourth-order valence-corrected chi connectivity index (χ4v) is 3.18. The maximum atomic E-state index is 12.4. The van der Waals surface area contributed by atoms with E-state index in [0.717, 1.165) is 17.7 Å². The number of nitrogens with zero attached hydrogens (tertiary/aromatic N) is 3. The number of aryl methyl sites for hydroxylation is 1. The van der Waals surface area contributed by atoms with Gasteiger partial charge in [0.05, 0.1) is 6.54 Å². The number of carbonyl (C=O) groups is 1. The largest absolute Gasteiger partial charge is 0.486 e. The van der Waals surface area contributed by atoms with E-state index in [1.807, 2.05) is 48.5 Å². The third kappa shape index (κ3) is 5.52. The van der Waals surface area contributed by atoms with Crippen LogP contribution in [0.2, 0.25) is 5.02 Å². The Hall–Kier alpha value is -3.58. The number of nitrogens with one attached hydrogen (secondary N) is 1. The minimum Gasteiger partial charge on any atom is -0.486 e. The Morgan fingerprint density at radius 2 is 1.97 bits per heavy atom. The molecule has 0 fully saturated rings. The van der Waals surface area contributed by atoms with Crippen molar-refractivity contribution in [2.24, 2.45) is 0 Å². The summed E-state index contributed by atoms with van der Waals surface area (Å²) in [7, 11) is 0.